The summed E-state index contributed by atoms with van der Waals surface area (Å²) in [5.74, 6) is 0. The van der Waals surface area contributed by atoms with Gasteiger partial charge < -0.3 is 5.11 Å². The average Bonchev–Trinajstić information content (AvgIpc) is 2.19. The molecule has 0 saturated carbocycles. The van der Waals surface area contributed by atoms with E-state index in [-0.39, 0.29) is 6.47 Å². The van der Waals surface area contributed by atoms with E-state index in [0.717, 1.165) is 10.9 Å². The van der Waals surface area contributed by atoms with Crippen LogP contribution < -0.4 is 0 Å². The number of rotatable bonds is 0. The Hall–Kier alpha value is -1.97. The van der Waals surface area contributed by atoms with Gasteiger partial charge >= 0.3 is 0 Å². The summed E-state index contributed by atoms with van der Waals surface area (Å²) in [7, 11) is 0. The van der Waals surface area contributed by atoms with Crippen molar-refractivity contribution in [3.8, 4) is 0 Å². The minimum atomic E-state index is -0.250. The fraction of sp³-hybridized carbons (Fsp3) is 0. The minimum absolute atomic E-state index is 0.250. The smallest absolute Gasteiger partial charge is 0.290 e. The normalized spacial score (nSPS) is 8.62. The van der Waals surface area contributed by atoms with Crippen molar-refractivity contribution >= 4 is 17.4 Å². The highest BCUT2D eigenvalue weighted by atomic mass is 16.3. The fourth-order valence-corrected chi connectivity index (χ4v) is 0.929. The van der Waals surface area contributed by atoms with Gasteiger partial charge in [-0.2, -0.15) is 10.2 Å². The van der Waals surface area contributed by atoms with Gasteiger partial charge in [-0.1, -0.05) is 18.2 Å². The minimum Gasteiger partial charge on any atom is -0.483 e. The molecule has 0 radical (unpaired) electrons. The summed E-state index contributed by atoms with van der Waals surface area (Å²) in [4.78, 5) is 8.36. The number of hydrogen-bond acceptors (Lipinski definition) is 3. The number of carbonyl (C=O) groups is 1. The molecule has 0 fully saturated rings. The number of nitrogens with zero attached hydrogens (tertiary/aromatic N) is 2. The van der Waals surface area contributed by atoms with Crippen LogP contribution in [0.1, 0.15) is 0 Å². The van der Waals surface area contributed by atoms with Crippen molar-refractivity contribution < 1.29 is 9.90 Å². The molecule has 0 aliphatic carbocycles. The zero-order chi connectivity index (χ0) is 9.52. The van der Waals surface area contributed by atoms with Crippen LogP contribution in [0.15, 0.2) is 36.5 Å². The number of carboxylic acid groups (broad SMARTS) is 1. The average molecular weight is 176 g/mol. The molecular formula is C9H8N2O2. The molecule has 1 aromatic heterocycles. The molecule has 0 aliphatic rings. The van der Waals surface area contributed by atoms with Crippen molar-refractivity contribution in [1.82, 2.24) is 10.2 Å². The third kappa shape index (κ3) is 2.52. The molecular weight excluding hydrogens is 168 g/mol. The third-order valence-electron chi connectivity index (χ3n) is 1.42. The van der Waals surface area contributed by atoms with Crippen LogP contribution in [-0.2, 0) is 4.79 Å². The Labute approximate surface area is 74.8 Å². The number of aromatic nitrogens is 2. The van der Waals surface area contributed by atoms with E-state index in [0.29, 0.717) is 0 Å². The van der Waals surface area contributed by atoms with Crippen LogP contribution in [0.3, 0.4) is 0 Å². The summed E-state index contributed by atoms with van der Waals surface area (Å²) in [6, 6.07) is 9.86. The van der Waals surface area contributed by atoms with Crippen molar-refractivity contribution in [1.29, 1.82) is 0 Å². The molecule has 0 spiro atoms. The zero-order valence-corrected chi connectivity index (χ0v) is 6.79. The lowest BCUT2D eigenvalue weighted by Crippen LogP contribution is -1.79. The van der Waals surface area contributed by atoms with Gasteiger partial charge in [-0.3, -0.25) is 4.79 Å². The van der Waals surface area contributed by atoms with Gasteiger partial charge in [0.2, 0.25) is 0 Å². The van der Waals surface area contributed by atoms with Gasteiger partial charge in [-0.15, -0.1) is 0 Å². The van der Waals surface area contributed by atoms with E-state index in [4.69, 9.17) is 9.90 Å². The first-order chi connectivity index (χ1) is 6.38. The van der Waals surface area contributed by atoms with Gasteiger partial charge in [0.1, 0.15) is 0 Å². The molecule has 1 heterocycles. The molecule has 4 heteroatoms. The summed E-state index contributed by atoms with van der Waals surface area (Å²) in [6.07, 6.45) is 1.70. The first-order valence-corrected chi connectivity index (χ1v) is 3.63. The Morgan fingerprint density at radius 2 is 1.92 bits per heavy atom. The van der Waals surface area contributed by atoms with Crippen LogP contribution in [0.4, 0.5) is 0 Å². The molecule has 0 amide bonds. The molecule has 66 valence electrons. The molecule has 2 aromatic rings. The van der Waals surface area contributed by atoms with E-state index in [2.05, 4.69) is 10.2 Å². The highest BCUT2D eigenvalue weighted by molar-refractivity contribution is 5.77. The van der Waals surface area contributed by atoms with E-state index in [1.165, 1.54) is 0 Å². The molecule has 0 atom stereocenters. The molecule has 0 saturated heterocycles. The predicted octanol–water partition coefficient (Wildman–Crippen LogP) is 1.33. The Bertz CT molecular complexity index is 325. The quantitative estimate of drug-likeness (QED) is 0.615. The first kappa shape index (κ1) is 9.12. The van der Waals surface area contributed by atoms with Crippen molar-refractivity contribution in [2.75, 3.05) is 0 Å². The van der Waals surface area contributed by atoms with Gasteiger partial charge in [0.15, 0.2) is 0 Å². The summed E-state index contributed by atoms with van der Waals surface area (Å²) >= 11 is 0. The molecule has 2 rings (SSSR count). The summed E-state index contributed by atoms with van der Waals surface area (Å²) < 4.78 is 0. The van der Waals surface area contributed by atoms with E-state index in [9.17, 15) is 0 Å². The second kappa shape index (κ2) is 4.82. The molecule has 0 bridgehead atoms. The van der Waals surface area contributed by atoms with Gasteiger partial charge in [-0.25, -0.2) is 0 Å². The Morgan fingerprint density at radius 1 is 1.23 bits per heavy atom. The number of fused-ring (bicyclic) bond motifs is 1. The lowest BCUT2D eigenvalue weighted by Gasteiger charge is -1.90. The summed E-state index contributed by atoms with van der Waals surface area (Å²) in [5.41, 5.74) is 0.949. The Balaban J connectivity index is 0.000000251. The van der Waals surface area contributed by atoms with E-state index in [1.807, 2.05) is 30.3 Å². The van der Waals surface area contributed by atoms with Crippen molar-refractivity contribution in [2.45, 2.75) is 0 Å². The molecule has 13 heavy (non-hydrogen) atoms. The molecule has 1 N–H and O–H groups in total. The SMILES string of the molecule is O=CO.c1ccc2nnccc2c1. The largest absolute Gasteiger partial charge is 0.483 e. The first-order valence-electron chi connectivity index (χ1n) is 3.63. The van der Waals surface area contributed by atoms with Crippen molar-refractivity contribution in [3.05, 3.63) is 36.5 Å². The monoisotopic (exact) mass is 176 g/mol. The maximum absolute atomic E-state index is 8.36. The second-order valence-electron chi connectivity index (χ2n) is 2.20. The maximum Gasteiger partial charge on any atom is 0.290 e. The van der Waals surface area contributed by atoms with E-state index < -0.39 is 0 Å². The topological polar surface area (TPSA) is 63.1 Å². The predicted molar refractivity (Wildman–Crippen MR) is 48.2 cm³/mol. The Morgan fingerprint density at radius 3 is 2.62 bits per heavy atom. The van der Waals surface area contributed by atoms with Gasteiger partial charge in [0.05, 0.1) is 11.7 Å². The summed E-state index contributed by atoms with van der Waals surface area (Å²) in [5, 5.41) is 15.7. The van der Waals surface area contributed by atoms with E-state index in [1.54, 1.807) is 6.20 Å². The van der Waals surface area contributed by atoms with E-state index >= 15 is 0 Å². The fourth-order valence-electron chi connectivity index (χ4n) is 0.929. The van der Waals surface area contributed by atoms with Crippen LogP contribution in [-0.4, -0.2) is 21.8 Å². The highest BCUT2D eigenvalue weighted by Crippen LogP contribution is 2.06. The standard InChI is InChI=1S/C8H6N2.CH2O2/c1-2-4-8-7(3-1)5-6-9-10-8;2-1-3/h1-6H;1H,(H,2,3). The van der Waals surface area contributed by atoms with Crippen molar-refractivity contribution in [2.24, 2.45) is 0 Å². The van der Waals surface area contributed by atoms with Gasteiger partial charge in [0, 0.05) is 5.39 Å². The Kier molecular flexibility index (Phi) is 3.38. The van der Waals surface area contributed by atoms with Gasteiger partial charge in [0.25, 0.3) is 6.47 Å². The number of benzene rings is 1. The summed E-state index contributed by atoms with van der Waals surface area (Å²) in [6.45, 7) is -0.250. The third-order valence-corrected chi connectivity index (χ3v) is 1.42. The molecule has 4 nitrogen and oxygen atoms in total. The van der Waals surface area contributed by atoms with Crippen LogP contribution in [0.25, 0.3) is 10.9 Å². The van der Waals surface area contributed by atoms with Gasteiger partial charge in [-0.05, 0) is 12.1 Å². The lowest BCUT2D eigenvalue weighted by molar-refractivity contribution is -0.122. The zero-order valence-electron chi connectivity index (χ0n) is 6.79. The van der Waals surface area contributed by atoms with Crippen LogP contribution in [0, 0.1) is 0 Å². The van der Waals surface area contributed by atoms with Crippen LogP contribution >= 0.6 is 0 Å². The maximum atomic E-state index is 8.36. The van der Waals surface area contributed by atoms with Crippen LogP contribution in [0.2, 0.25) is 0 Å². The second-order valence-corrected chi connectivity index (χ2v) is 2.20. The highest BCUT2D eigenvalue weighted by Gasteiger charge is 1.87. The van der Waals surface area contributed by atoms with Crippen LogP contribution in [0.5, 0.6) is 0 Å². The molecule has 0 aliphatic heterocycles. The number of hydrogen-bond donors (Lipinski definition) is 1. The lowest BCUT2D eigenvalue weighted by atomic mass is 10.2. The van der Waals surface area contributed by atoms with Crippen molar-refractivity contribution in [3.63, 3.8) is 0 Å². The molecule has 0 unspecified atom stereocenters. The molecule has 1 aromatic carbocycles.